The lowest BCUT2D eigenvalue weighted by Gasteiger charge is -2.12. The summed E-state index contributed by atoms with van der Waals surface area (Å²) in [5, 5.41) is 0. The fourth-order valence-electron chi connectivity index (χ4n) is 6.49. The Morgan fingerprint density at radius 3 is 0.885 bits per heavy atom. The Morgan fingerprint density at radius 1 is 0.231 bits per heavy atom. The van der Waals surface area contributed by atoms with Crippen molar-refractivity contribution in [1.29, 1.82) is 0 Å². The summed E-state index contributed by atoms with van der Waals surface area (Å²) in [6.07, 6.45) is 0. The van der Waals surface area contributed by atoms with E-state index in [0.717, 1.165) is 90.3 Å². The van der Waals surface area contributed by atoms with Crippen molar-refractivity contribution >= 4 is 0 Å². The Balaban J connectivity index is 1.15. The number of rotatable bonds is 8. The molecule has 52 heavy (non-hydrogen) atoms. The van der Waals surface area contributed by atoms with Crippen molar-refractivity contribution in [3.63, 3.8) is 0 Å². The Bertz CT molecular complexity index is 2430. The maximum atomic E-state index is 6.42. The molecule has 0 unspecified atom stereocenters. The lowest BCUT2D eigenvalue weighted by Crippen LogP contribution is -1.93. The summed E-state index contributed by atoms with van der Waals surface area (Å²) in [5.74, 6) is 3.21. The number of nitrogens with zero attached hydrogens (tertiary/aromatic N) is 2. The molecule has 4 aromatic heterocycles. The van der Waals surface area contributed by atoms with Gasteiger partial charge in [0.25, 0.3) is 0 Å². The van der Waals surface area contributed by atoms with Crippen molar-refractivity contribution < 1.29 is 8.83 Å². The second-order valence-electron chi connectivity index (χ2n) is 12.6. The molecular weight excluding hydrogens is 637 g/mol. The zero-order valence-corrected chi connectivity index (χ0v) is 28.2. The van der Waals surface area contributed by atoms with Crippen LogP contribution in [-0.4, -0.2) is 9.97 Å². The molecule has 246 valence electrons. The van der Waals surface area contributed by atoms with E-state index in [4.69, 9.17) is 18.8 Å². The van der Waals surface area contributed by atoms with Crippen LogP contribution in [0, 0.1) is 0 Å². The number of hydrogen-bond donors (Lipinski definition) is 0. The summed E-state index contributed by atoms with van der Waals surface area (Å²) in [6, 6.07) is 65.8. The summed E-state index contributed by atoms with van der Waals surface area (Å²) in [4.78, 5) is 10.4. The average molecular weight is 669 g/mol. The second-order valence-corrected chi connectivity index (χ2v) is 12.6. The van der Waals surface area contributed by atoms with Gasteiger partial charge in [-0.25, -0.2) is 9.97 Å². The van der Waals surface area contributed by atoms with Crippen molar-refractivity contribution in [2.45, 2.75) is 0 Å². The quantitative estimate of drug-likeness (QED) is 0.162. The highest BCUT2D eigenvalue weighted by atomic mass is 16.3. The standard InChI is InChI=1S/C48H32N2O2/c1-5-14-33(15-6-1)41-29-39(47-26-24-45(51-47)35-18-9-3-10-19-35)31-43(49-41)37-22-13-23-38(28-37)44-32-40(30-42(50-44)34-16-7-2-8-17-34)48-27-25-46(52-48)36-20-11-4-12-21-36/h1-32H. The van der Waals surface area contributed by atoms with Crippen molar-refractivity contribution in [2.75, 3.05) is 0 Å². The lowest BCUT2D eigenvalue weighted by atomic mass is 9.99. The van der Waals surface area contributed by atoms with Gasteiger partial charge in [0, 0.05) is 44.5 Å². The highest BCUT2D eigenvalue weighted by Gasteiger charge is 2.16. The van der Waals surface area contributed by atoms with Crippen LogP contribution in [0.2, 0.25) is 0 Å². The highest BCUT2D eigenvalue weighted by molar-refractivity contribution is 5.80. The normalized spacial score (nSPS) is 11.1. The first-order valence-corrected chi connectivity index (χ1v) is 17.3. The maximum Gasteiger partial charge on any atom is 0.134 e. The van der Waals surface area contributed by atoms with E-state index in [2.05, 4.69) is 97.1 Å². The van der Waals surface area contributed by atoms with Crippen LogP contribution in [0.3, 0.4) is 0 Å². The minimum absolute atomic E-state index is 0.783. The number of hydrogen-bond acceptors (Lipinski definition) is 4. The summed E-state index contributed by atoms with van der Waals surface area (Å²) >= 11 is 0. The third-order valence-corrected chi connectivity index (χ3v) is 9.14. The fourth-order valence-corrected chi connectivity index (χ4v) is 6.49. The van der Waals surface area contributed by atoms with Crippen LogP contribution >= 0.6 is 0 Å². The van der Waals surface area contributed by atoms with Crippen LogP contribution in [0.4, 0.5) is 0 Å². The molecule has 0 aliphatic rings. The predicted molar refractivity (Wildman–Crippen MR) is 210 cm³/mol. The van der Waals surface area contributed by atoms with Crippen LogP contribution < -0.4 is 0 Å². The van der Waals surface area contributed by atoms with Gasteiger partial charge >= 0.3 is 0 Å². The van der Waals surface area contributed by atoms with E-state index in [1.54, 1.807) is 0 Å². The van der Waals surface area contributed by atoms with E-state index in [9.17, 15) is 0 Å². The van der Waals surface area contributed by atoms with Gasteiger partial charge in [-0.2, -0.15) is 0 Å². The van der Waals surface area contributed by atoms with Gasteiger partial charge in [0.1, 0.15) is 23.0 Å². The lowest BCUT2D eigenvalue weighted by molar-refractivity contribution is 0.597. The average Bonchev–Trinajstić information content (AvgIpc) is 3.94. The number of aromatic nitrogens is 2. The van der Waals surface area contributed by atoms with E-state index >= 15 is 0 Å². The molecule has 0 atom stereocenters. The van der Waals surface area contributed by atoms with E-state index in [-0.39, 0.29) is 0 Å². The van der Waals surface area contributed by atoms with Crippen LogP contribution in [0.1, 0.15) is 0 Å². The number of pyridine rings is 2. The van der Waals surface area contributed by atoms with Crippen molar-refractivity contribution in [1.82, 2.24) is 9.97 Å². The first-order chi connectivity index (χ1) is 25.7. The van der Waals surface area contributed by atoms with E-state index in [1.165, 1.54) is 0 Å². The molecule has 9 aromatic rings. The summed E-state index contributed by atoms with van der Waals surface area (Å²) in [5.41, 5.74) is 11.4. The predicted octanol–water partition coefficient (Wildman–Crippen LogP) is 13.0. The van der Waals surface area contributed by atoms with Crippen LogP contribution in [0.15, 0.2) is 203 Å². The van der Waals surface area contributed by atoms with Crippen LogP contribution in [-0.2, 0) is 0 Å². The molecule has 4 heteroatoms. The minimum Gasteiger partial charge on any atom is -0.456 e. The van der Waals surface area contributed by atoms with Crippen LogP contribution in [0.25, 0.3) is 90.3 Å². The molecule has 5 aromatic carbocycles. The van der Waals surface area contributed by atoms with Gasteiger partial charge < -0.3 is 8.83 Å². The molecule has 0 amide bonds. The first kappa shape index (κ1) is 31.0. The Kier molecular flexibility index (Phi) is 8.16. The molecule has 0 fully saturated rings. The molecular formula is C48H32N2O2. The molecule has 0 N–H and O–H groups in total. The van der Waals surface area contributed by atoms with Gasteiger partial charge in [-0.15, -0.1) is 0 Å². The molecule has 4 nitrogen and oxygen atoms in total. The van der Waals surface area contributed by atoms with Crippen molar-refractivity contribution in [2.24, 2.45) is 0 Å². The zero-order chi connectivity index (χ0) is 34.7. The second kappa shape index (κ2) is 13.7. The smallest absolute Gasteiger partial charge is 0.134 e. The van der Waals surface area contributed by atoms with Gasteiger partial charge in [-0.05, 0) is 54.6 Å². The maximum absolute atomic E-state index is 6.42. The molecule has 0 radical (unpaired) electrons. The first-order valence-electron chi connectivity index (χ1n) is 17.3. The van der Waals surface area contributed by atoms with E-state index < -0.39 is 0 Å². The highest BCUT2D eigenvalue weighted by Crippen LogP contribution is 2.37. The fraction of sp³-hybridized carbons (Fsp3) is 0. The molecule has 0 spiro atoms. The monoisotopic (exact) mass is 668 g/mol. The van der Waals surface area contributed by atoms with Gasteiger partial charge in [0.05, 0.1) is 22.8 Å². The summed E-state index contributed by atoms with van der Waals surface area (Å²) < 4.78 is 12.8. The van der Waals surface area contributed by atoms with E-state index in [0.29, 0.717) is 0 Å². The SMILES string of the molecule is c1ccc(-c2cc(-c3ccc(-c4ccccc4)o3)cc(-c3cccc(-c4cc(-c5ccc(-c6ccccc6)o5)cc(-c5ccccc5)n4)c3)n2)cc1. The van der Waals surface area contributed by atoms with Gasteiger partial charge in [-0.1, -0.05) is 140 Å². The number of benzene rings is 5. The molecule has 0 saturated carbocycles. The minimum atomic E-state index is 0.783. The molecule has 9 rings (SSSR count). The topological polar surface area (TPSA) is 52.1 Å². The van der Waals surface area contributed by atoms with Gasteiger partial charge in [-0.3, -0.25) is 0 Å². The largest absolute Gasteiger partial charge is 0.456 e. The van der Waals surface area contributed by atoms with E-state index in [1.807, 2.05) is 97.1 Å². The van der Waals surface area contributed by atoms with Gasteiger partial charge in [0.15, 0.2) is 0 Å². The summed E-state index contributed by atoms with van der Waals surface area (Å²) in [6.45, 7) is 0. The molecule has 4 heterocycles. The molecule has 0 bridgehead atoms. The molecule has 0 aliphatic heterocycles. The van der Waals surface area contributed by atoms with Crippen molar-refractivity contribution in [3.8, 4) is 90.3 Å². The Labute approximate surface area is 302 Å². The molecule has 0 aliphatic carbocycles. The third-order valence-electron chi connectivity index (χ3n) is 9.14. The van der Waals surface area contributed by atoms with Gasteiger partial charge in [0.2, 0.25) is 0 Å². The molecule has 0 saturated heterocycles. The third kappa shape index (κ3) is 6.37. The Morgan fingerprint density at radius 2 is 0.519 bits per heavy atom. The Hall–Kier alpha value is -7.04. The zero-order valence-electron chi connectivity index (χ0n) is 28.2. The summed E-state index contributed by atoms with van der Waals surface area (Å²) in [7, 11) is 0. The van der Waals surface area contributed by atoms with Crippen molar-refractivity contribution in [3.05, 3.63) is 194 Å². The van der Waals surface area contributed by atoms with Crippen LogP contribution in [0.5, 0.6) is 0 Å². The number of furan rings is 2.